The predicted molar refractivity (Wildman–Crippen MR) is 141 cm³/mol. The molecular weight excluding hydrogens is 468 g/mol. The zero-order chi connectivity index (χ0) is 26.4. The SMILES string of the molecule is CCCCN(Cc1cccnc1)C(=O)c1cc(-c2nnc([C@@](C)(N)Cc3ccccc3)o2)n(C)c(=O)c1. The molecule has 2 N–H and O–H groups in total. The molecule has 0 unspecified atom stereocenters. The summed E-state index contributed by atoms with van der Waals surface area (Å²) in [6.07, 6.45) is 5.70. The molecule has 37 heavy (non-hydrogen) atoms. The standard InChI is InChI=1S/C28H32N6O3/c1-4-5-14-34(19-21-12-9-13-30-18-21)26(36)22-15-23(33(3)24(35)16-22)25-31-32-27(37-25)28(2,29)17-20-10-7-6-8-11-20/h6-13,15-16,18H,4-5,14,17,19,29H2,1-3H3/t28-/m0/s1. The zero-order valence-corrected chi connectivity index (χ0v) is 21.4. The van der Waals surface area contributed by atoms with Crippen LogP contribution in [0.1, 0.15) is 54.1 Å². The summed E-state index contributed by atoms with van der Waals surface area (Å²) in [5.74, 6) is 0.127. The molecule has 0 spiro atoms. The van der Waals surface area contributed by atoms with E-state index in [2.05, 4.69) is 22.1 Å². The van der Waals surface area contributed by atoms with Crippen LogP contribution in [-0.2, 0) is 25.6 Å². The number of carbonyl (C=O) groups is 1. The summed E-state index contributed by atoms with van der Waals surface area (Å²) in [4.78, 5) is 32.3. The second-order valence-corrected chi connectivity index (χ2v) is 9.46. The Balaban J connectivity index is 1.64. The van der Waals surface area contributed by atoms with Crippen molar-refractivity contribution < 1.29 is 9.21 Å². The first-order valence-electron chi connectivity index (χ1n) is 12.3. The van der Waals surface area contributed by atoms with Crippen LogP contribution in [-0.4, -0.2) is 37.1 Å². The van der Waals surface area contributed by atoms with Crippen molar-refractivity contribution in [1.29, 1.82) is 0 Å². The Kier molecular flexibility index (Phi) is 7.93. The highest BCUT2D eigenvalue weighted by Gasteiger charge is 2.29. The molecule has 0 radical (unpaired) electrons. The zero-order valence-electron chi connectivity index (χ0n) is 21.4. The number of hydrogen-bond acceptors (Lipinski definition) is 7. The minimum absolute atomic E-state index is 0.126. The summed E-state index contributed by atoms with van der Waals surface area (Å²) < 4.78 is 7.34. The monoisotopic (exact) mass is 500 g/mol. The lowest BCUT2D eigenvalue weighted by molar-refractivity contribution is 0.0740. The lowest BCUT2D eigenvalue weighted by Crippen LogP contribution is -2.35. The molecule has 9 heteroatoms. The van der Waals surface area contributed by atoms with Crippen LogP contribution in [0, 0.1) is 0 Å². The van der Waals surface area contributed by atoms with E-state index < -0.39 is 5.54 Å². The lowest BCUT2D eigenvalue weighted by Gasteiger charge is -2.23. The number of nitrogens with two attached hydrogens (primary N) is 1. The van der Waals surface area contributed by atoms with Gasteiger partial charge in [-0.3, -0.25) is 14.6 Å². The van der Waals surface area contributed by atoms with Crippen molar-refractivity contribution in [3.05, 3.63) is 99.9 Å². The van der Waals surface area contributed by atoms with E-state index in [0.717, 1.165) is 24.0 Å². The van der Waals surface area contributed by atoms with Gasteiger partial charge in [-0.15, -0.1) is 10.2 Å². The molecule has 1 atom stereocenters. The van der Waals surface area contributed by atoms with Crippen LogP contribution in [0.2, 0.25) is 0 Å². The molecule has 4 rings (SSSR count). The Labute approximate surface area is 216 Å². The van der Waals surface area contributed by atoms with Crippen molar-refractivity contribution in [2.24, 2.45) is 12.8 Å². The molecule has 0 bridgehead atoms. The third kappa shape index (κ3) is 6.18. The molecule has 1 aromatic carbocycles. The van der Waals surface area contributed by atoms with Gasteiger partial charge in [-0.2, -0.15) is 0 Å². The fourth-order valence-electron chi connectivity index (χ4n) is 4.11. The largest absolute Gasteiger partial charge is 0.417 e. The number of amides is 1. The average molecular weight is 501 g/mol. The molecule has 0 fully saturated rings. The van der Waals surface area contributed by atoms with E-state index in [1.807, 2.05) is 49.4 Å². The molecule has 3 heterocycles. The molecule has 192 valence electrons. The fraction of sp³-hybridized carbons (Fsp3) is 0.321. The van der Waals surface area contributed by atoms with Crippen molar-refractivity contribution in [3.8, 4) is 11.6 Å². The van der Waals surface area contributed by atoms with Gasteiger partial charge in [0.05, 0.1) is 5.54 Å². The van der Waals surface area contributed by atoms with Gasteiger partial charge in [0.15, 0.2) is 0 Å². The lowest BCUT2D eigenvalue weighted by atomic mass is 9.94. The van der Waals surface area contributed by atoms with Crippen molar-refractivity contribution in [2.75, 3.05) is 6.54 Å². The first kappa shape index (κ1) is 26.0. The van der Waals surface area contributed by atoms with E-state index >= 15 is 0 Å². The maximum Gasteiger partial charge on any atom is 0.264 e. The maximum atomic E-state index is 13.5. The first-order chi connectivity index (χ1) is 17.8. The second-order valence-electron chi connectivity index (χ2n) is 9.46. The Morgan fingerprint density at radius 1 is 1.11 bits per heavy atom. The number of hydrogen-bond donors (Lipinski definition) is 1. The van der Waals surface area contributed by atoms with Crippen LogP contribution in [0.15, 0.2) is 76.2 Å². The number of aromatic nitrogens is 4. The van der Waals surface area contributed by atoms with Crippen molar-refractivity contribution in [3.63, 3.8) is 0 Å². The number of pyridine rings is 2. The summed E-state index contributed by atoms with van der Waals surface area (Å²) >= 11 is 0. The van der Waals surface area contributed by atoms with Crippen molar-refractivity contribution in [1.82, 2.24) is 24.6 Å². The smallest absolute Gasteiger partial charge is 0.264 e. The minimum atomic E-state index is -0.917. The normalized spacial score (nSPS) is 12.8. The van der Waals surface area contributed by atoms with Gasteiger partial charge in [-0.1, -0.05) is 49.7 Å². The van der Waals surface area contributed by atoms with Gasteiger partial charge in [0.1, 0.15) is 5.69 Å². The van der Waals surface area contributed by atoms with E-state index in [0.29, 0.717) is 25.2 Å². The van der Waals surface area contributed by atoms with Crippen LogP contribution in [0.5, 0.6) is 0 Å². The Bertz CT molecular complexity index is 1400. The van der Waals surface area contributed by atoms with E-state index in [4.69, 9.17) is 10.2 Å². The van der Waals surface area contributed by atoms with Crippen molar-refractivity contribution >= 4 is 5.91 Å². The molecule has 3 aromatic heterocycles. The number of nitrogens with zero attached hydrogens (tertiary/aromatic N) is 5. The Hall–Kier alpha value is -4.11. The van der Waals surface area contributed by atoms with Gasteiger partial charge in [0, 0.05) is 44.2 Å². The Morgan fingerprint density at radius 3 is 2.57 bits per heavy atom. The number of benzene rings is 1. The molecule has 1 amide bonds. The van der Waals surface area contributed by atoms with Gasteiger partial charge in [-0.05, 0) is 43.0 Å². The summed E-state index contributed by atoms with van der Waals surface area (Å²) in [5, 5.41) is 8.35. The fourth-order valence-corrected chi connectivity index (χ4v) is 4.11. The van der Waals surface area contributed by atoms with Gasteiger partial charge in [0.25, 0.3) is 17.4 Å². The molecule has 0 aliphatic heterocycles. The van der Waals surface area contributed by atoms with Gasteiger partial charge >= 0.3 is 0 Å². The van der Waals surface area contributed by atoms with E-state index in [-0.39, 0.29) is 28.8 Å². The summed E-state index contributed by atoms with van der Waals surface area (Å²) in [5.41, 5.74) is 7.83. The summed E-state index contributed by atoms with van der Waals surface area (Å²) in [7, 11) is 1.60. The molecular formula is C28H32N6O3. The van der Waals surface area contributed by atoms with E-state index in [9.17, 15) is 9.59 Å². The molecule has 0 aliphatic rings. The molecule has 9 nitrogen and oxygen atoms in total. The topological polar surface area (TPSA) is 120 Å². The third-order valence-electron chi connectivity index (χ3n) is 6.22. The minimum Gasteiger partial charge on any atom is -0.417 e. The highest BCUT2D eigenvalue weighted by Crippen LogP contribution is 2.26. The predicted octanol–water partition coefficient (Wildman–Crippen LogP) is 3.69. The van der Waals surface area contributed by atoms with E-state index in [1.165, 1.54) is 10.6 Å². The van der Waals surface area contributed by atoms with Crippen LogP contribution in [0.25, 0.3) is 11.6 Å². The summed E-state index contributed by atoms with van der Waals surface area (Å²) in [6.45, 7) is 4.84. The van der Waals surface area contributed by atoms with E-state index in [1.54, 1.807) is 30.4 Å². The first-order valence-corrected chi connectivity index (χ1v) is 12.3. The van der Waals surface area contributed by atoms with Gasteiger partial charge in [-0.25, -0.2) is 0 Å². The molecule has 0 saturated carbocycles. The number of rotatable bonds is 10. The quantitative estimate of drug-likeness (QED) is 0.353. The van der Waals surface area contributed by atoms with Gasteiger partial charge < -0.3 is 19.6 Å². The van der Waals surface area contributed by atoms with Gasteiger partial charge in [0.2, 0.25) is 5.89 Å². The van der Waals surface area contributed by atoms with Crippen LogP contribution in [0.3, 0.4) is 0 Å². The molecule has 0 saturated heterocycles. The third-order valence-corrected chi connectivity index (χ3v) is 6.22. The average Bonchev–Trinajstić information content (AvgIpc) is 3.40. The van der Waals surface area contributed by atoms with Crippen molar-refractivity contribution in [2.45, 2.75) is 45.2 Å². The van der Waals surface area contributed by atoms with Crippen LogP contribution >= 0.6 is 0 Å². The molecule has 4 aromatic rings. The van der Waals surface area contributed by atoms with Crippen LogP contribution in [0.4, 0.5) is 0 Å². The highest BCUT2D eigenvalue weighted by atomic mass is 16.4. The maximum absolute atomic E-state index is 13.5. The van der Waals surface area contributed by atoms with Crippen LogP contribution < -0.4 is 11.3 Å². The Morgan fingerprint density at radius 2 is 1.86 bits per heavy atom. The highest BCUT2D eigenvalue weighted by molar-refractivity contribution is 5.95. The summed E-state index contributed by atoms with van der Waals surface area (Å²) in [6, 6.07) is 16.5. The number of carbonyl (C=O) groups excluding carboxylic acids is 1. The number of unbranched alkanes of at least 4 members (excludes halogenated alkanes) is 1. The molecule has 0 aliphatic carbocycles. The second kappa shape index (κ2) is 11.3.